The predicted octanol–water partition coefficient (Wildman–Crippen LogP) is 3.29. The molecule has 0 unspecified atom stereocenters. The Bertz CT molecular complexity index is 804. The van der Waals surface area contributed by atoms with E-state index >= 15 is 0 Å². The Morgan fingerprint density at radius 3 is 2.52 bits per heavy atom. The van der Waals surface area contributed by atoms with E-state index in [1.807, 2.05) is 52.8 Å². The third-order valence-electron chi connectivity index (χ3n) is 4.36. The molecule has 0 aliphatic carbocycles. The van der Waals surface area contributed by atoms with Gasteiger partial charge >= 0.3 is 6.09 Å². The number of aromatic nitrogens is 3. The maximum absolute atomic E-state index is 12.4. The first-order valence-corrected chi connectivity index (χ1v) is 9.23. The second-order valence-corrected chi connectivity index (χ2v) is 7.90. The number of aryl methyl sites for hydroxylation is 1. The molecule has 0 radical (unpaired) electrons. The van der Waals surface area contributed by atoms with Gasteiger partial charge in [0.1, 0.15) is 11.4 Å². The number of nitrogens with zero attached hydrogens (tertiary/aromatic N) is 5. The first-order valence-electron chi connectivity index (χ1n) is 9.23. The van der Waals surface area contributed by atoms with Gasteiger partial charge in [0.15, 0.2) is 5.82 Å². The van der Waals surface area contributed by atoms with Crippen LogP contribution in [0.3, 0.4) is 0 Å². The second kappa shape index (κ2) is 7.50. The van der Waals surface area contributed by atoms with Crippen molar-refractivity contribution in [1.82, 2.24) is 19.9 Å². The summed E-state index contributed by atoms with van der Waals surface area (Å²) in [6.07, 6.45) is 3.22. The van der Waals surface area contributed by atoms with Crippen molar-refractivity contribution in [3.05, 3.63) is 36.3 Å². The lowest BCUT2D eigenvalue weighted by atomic mass is 10.2. The molecule has 144 valence electrons. The number of rotatable bonds is 2. The molecule has 0 aromatic carbocycles. The monoisotopic (exact) mass is 369 g/mol. The van der Waals surface area contributed by atoms with E-state index in [4.69, 9.17) is 9.72 Å². The average molecular weight is 369 g/mol. The van der Waals surface area contributed by atoms with Crippen LogP contribution in [0.1, 0.15) is 33.4 Å². The molecule has 1 atom stereocenters. The zero-order chi connectivity index (χ0) is 19.6. The molecule has 3 rings (SSSR count). The van der Waals surface area contributed by atoms with Gasteiger partial charge in [-0.3, -0.25) is 4.98 Å². The number of hydrogen-bond donors (Lipinski definition) is 0. The summed E-state index contributed by atoms with van der Waals surface area (Å²) >= 11 is 0. The van der Waals surface area contributed by atoms with Crippen LogP contribution in [0.25, 0.3) is 11.4 Å². The van der Waals surface area contributed by atoms with E-state index in [-0.39, 0.29) is 12.1 Å². The maximum atomic E-state index is 12.4. The van der Waals surface area contributed by atoms with Gasteiger partial charge in [-0.15, -0.1) is 0 Å². The van der Waals surface area contributed by atoms with Crippen LogP contribution in [0.15, 0.2) is 30.6 Å². The number of carbonyl (C=O) groups excluding carboxylic acids is 1. The van der Waals surface area contributed by atoms with Crippen LogP contribution >= 0.6 is 0 Å². The fourth-order valence-electron chi connectivity index (χ4n) is 3.10. The summed E-state index contributed by atoms with van der Waals surface area (Å²) in [5.74, 6) is 1.57. The highest BCUT2D eigenvalue weighted by Crippen LogP contribution is 2.23. The van der Waals surface area contributed by atoms with Crippen LogP contribution in [0, 0.1) is 6.92 Å². The van der Waals surface area contributed by atoms with Crippen molar-refractivity contribution < 1.29 is 9.53 Å². The number of pyridine rings is 1. The zero-order valence-electron chi connectivity index (χ0n) is 16.6. The van der Waals surface area contributed by atoms with E-state index in [1.165, 1.54) is 0 Å². The molecule has 2 aromatic heterocycles. The van der Waals surface area contributed by atoms with E-state index in [9.17, 15) is 4.79 Å². The van der Waals surface area contributed by atoms with Crippen LogP contribution in [-0.4, -0.2) is 57.2 Å². The summed E-state index contributed by atoms with van der Waals surface area (Å²) in [4.78, 5) is 29.8. The molecule has 0 spiro atoms. The largest absolute Gasteiger partial charge is 0.444 e. The number of carbonyl (C=O) groups is 1. The minimum absolute atomic E-state index is 0.0354. The highest BCUT2D eigenvalue weighted by Gasteiger charge is 2.31. The zero-order valence-corrected chi connectivity index (χ0v) is 16.6. The van der Waals surface area contributed by atoms with E-state index in [1.54, 1.807) is 17.3 Å². The Kier molecular flexibility index (Phi) is 5.30. The molecule has 27 heavy (non-hydrogen) atoms. The third-order valence-corrected chi connectivity index (χ3v) is 4.36. The molecule has 7 nitrogen and oxygen atoms in total. The standard InChI is InChI=1S/C20H27N5O2/c1-14-12-17(23-18(22-14)16-6-8-21-9-7-16)24-10-11-25(15(2)13-24)19(26)27-20(3,4)5/h6-9,12,15H,10-11,13H2,1-5H3/t15-/m1/s1. The predicted molar refractivity (Wildman–Crippen MR) is 105 cm³/mol. The molecule has 1 saturated heterocycles. The van der Waals surface area contributed by atoms with Gasteiger partial charge in [-0.25, -0.2) is 14.8 Å². The van der Waals surface area contributed by atoms with Crippen molar-refractivity contribution in [1.29, 1.82) is 0 Å². The van der Waals surface area contributed by atoms with Crippen LogP contribution in [0.2, 0.25) is 0 Å². The van der Waals surface area contributed by atoms with E-state index < -0.39 is 5.60 Å². The molecule has 0 bridgehead atoms. The lowest BCUT2D eigenvalue weighted by Crippen LogP contribution is -2.55. The normalized spacial score (nSPS) is 17.7. The van der Waals surface area contributed by atoms with Gasteiger partial charge < -0.3 is 14.5 Å². The Morgan fingerprint density at radius 2 is 1.89 bits per heavy atom. The second-order valence-electron chi connectivity index (χ2n) is 7.90. The van der Waals surface area contributed by atoms with Gasteiger partial charge in [0, 0.05) is 55.4 Å². The highest BCUT2D eigenvalue weighted by molar-refractivity contribution is 5.69. The SMILES string of the molecule is Cc1cc(N2CCN(C(=O)OC(C)(C)C)[C@H](C)C2)nc(-c2ccncc2)n1. The Hall–Kier alpha value is -2.70. The van der Waals surface area contributed by atoms with Gasteiger partial charge in [0.2, 0.25) is 0 Å². The van der Waals surface area contributed by atoms with Crippen molar-refractivity contribution in [3.63, 3.8) is 0 Å². The van der Waals surface area contributed by atoms with Crippen molar-refractivity contribution in [2.24, 2.45) is 0 Å². The maximum Gasteiger partial charge on any atom is 0.410 e. The van der Waals surface area contributed by atoms with Gasteiger partial charge in [0.05, 0.1) is 0 Å². The number of anilines is 1. The van der Waals surface area contributed by atoms with Crippen molar-refractivity contribution in [2.75, 3.05) is 24.5 Å². The molecule has 1 amide bonds. The van der Waals surface area contributed by atoms with Gasteiger partial charge in [-0.05, 0) is 46.8 Å². The molecular weight excluding hydrogens is 342 g/mol. The molecule has 7 heteroatoms. The van der Waals surface area contributed by atoms with E-state index in [2.05, 4.69) is 14.9 Å². The molecule has 0 saturated carbocycles. The van der Waals surface area contributed by atoms with Crippen molar-refractivity contribution in [3.8, 4) is 11.4 Å². The van der Waals surface area contributed by atoms with Gasteiger partial charge in [-0.1, -0.05) is 0 Å². The Morgan fingerprint density at radius 1 is 1.19 bits per heavy atom. The van der Waals surface area contributed by atoms with E-state index in [0.717, 1.165) is 17.1 Å². The summed E-state index contributed by atoms with van der Waals surface area (Å²) in [7, 11) is 0. The topological polar surface area (TPSA) is 71.5 Å². The highest BCUT2D eigenvalue weighted by atomic mass is 16.6. The van der Waals surface area contributed by atoms with Crippen LogP contribution in [-0.2, 0) is 4.74 Å². The fraction of sp³-hybridized carbons (Fsp3) is 0.500. The average Bonchev–Trinajstić information content (AvgIpc) is 2.60. The Balaban J connectivity index is 1.76. The molecule has 3 heterocycles. The fourth-order valence-corrected chi connectivity index (χ4v) is 3.10. The number of ether oxygens (including phenoxy) is 1. The van der Waals surface area contributed by atoms with Crippen LogP contribution in [0.4, 0.5) is 10.6 Å². The summed E-state index contributed by atoms with van der Waals surface area (Å²) < 4.78 is 5.52. The van der Waals surface area contributed by atoms with Crippen LogP contribution in [0.5, 0.6) is 0 Å². The smallest absolute Gasteiger partial charge is 0.410 e. The molecule has 0 N–H and O–H groups in total. The summed E-state index contributed by atoms with van der Waals surface area (Å²) in [6.45, 7) is 11.7. The lowest BCUT2D eigenvalue weighted by Gasteiger charge is -2.40. The molecule has 1 fully saturated rings. The van der Waals surface area contributed by atoms with Gasteiger partial charge in [0.25, 0.3) is 0 Å². The van der Waals surface area contributed by atoms with Gasteiger partial charge in [-0.2, -0.15) is 0 Å². The van der Waals surface area contributed by atoms with E-state index in [0.29, 0.717) is 25.5 Å². The summed E-state index contributed by atoms with van der Waals surface area (Å²) in [5.41, 5.74) is 1.36. The first kappa shape index (κ1) is 19.1. The lowest BCUT2D eigenvalue weighted by molar-refractivity contribution is 0.0158. The summed E-state index contributed by atoms with van der Waals surface area (Å²) in [6, 6.07) is 5.83. The van der Waals surface area contributed by atoms with Crippen molar-refractivity contribution in [2.45, 2.75) is 46.3 Å². The molecule has 1 aliphatic rings. The third kappa shape index (κ3) is 4.72. The minimum Gasteiger partial charge on any atom is -0.444 e. The first-order chi connectivity index (χ1) is 12.7. The minimum atomic E-state index is -0.489. The van der Waals surface area contributed by atoms with Crippen molar-refractivity contribution >= 4 is 11.9 Å². The molecular formula is C20H27N5O2. The quantitative estimate of drug-likeness (QED) is 0.809. The number of amides is 1. The number of piperazine rings is 1. The Labute approximate surface area is 160 Å². The summed E-state index contributed by atoms with van der Waals surface area (Å²) in [5, 5.41) is 0. The number of hydrogen-bond acceptors (Lipinski definition) is 6. The van der Waals surface area contributed by atoms with Crippen LogP contribution < -0.4 is 4.90 Å². The molecule has 2 aromatic rings. The molecule has 1 aliphatic heterocycles.